The third-order valence-electron chi connectivity index (χ3n) is 6.32. The normalized spacial score (nSPS) is 23.3. The molecule has 0 N–H and O–H groups in total. The number of rotatable bonds is 4. The lowest BCUT2D eigenvalue weighted by molar-refractivity contribution is -0.385. The minimum atomic E-state index is -0.579. The van der Waals surface area contributed by atoms with E-state index in [1.165, 1.54) is 12.1 Å². The first kappa shape index (κ1) is 24.2. The number of carbonyl (C=O) groups is 1. The maximum Gasteiger partial charge on any atom is 0.410 e. The SMILES string of the molecule is C[C@@H]1CN(c2ccc([N+](=O)[O-])cc2F)C[C@H](C)N1CC1CCN(C(=O)OC(C)(C)C)CC1. The molecule has 178 valence electrons. The highest BCUT2D eigenvalue weighted by Gasteiger charge is 2.34. The average Bonchev–Trinajstić information content (AvgIpc) is 2.69. The van der Waals surface area contributed by atoms with E-state index in [1.807, 2.05) is 25.7 Å². The Hall–Kier alpha value is -2.42. The lowest BCUT2D eigenvalue weighted by atomic mass is 9.94. The number of nitrogens with zero attached hydrogens (tertiary/aromatic N) is 4. The molecule has 0 saturated carbocycles. The summed E-state index contributed by atoms with van der Waals surface area (Å²) in [5.41, 5.74) is -0.301. The van der Waals surface area contributed by atoms with E-state index in [0.29, 0.717) is 37.8 Å². The number of ether oxygens (including phenoxy) is 1. The number of piperazine rings is 1. The van der Waals surface area contributed by atoms with Gasteiger partial charge in [0.05, 0.1) is 16.7 Å². The van der Waals surface area contributed by atoms with Gasteiger partial charge < -0.3 is 14.5 Å². The van der Waals surface area contributed by atoms with E-state index in [2.05, 4.69) is 18.7 Å². The van der Waals surface area contributed by atoms with E-state index in [0.717, 1.165) is 25.5 Å². The molecule has 0 radical (unpaired) electrons. The quantitative estimate of drug-likeness (QED) is 0.503. The molecule has 2 fully saturated rings. The van der Waals surface area contributed by atoms with Crippen molar-refractivity contribution in [2.45, 2.75) is 65.1 Å². The van der Waals surface area contributed by atoms with Crippen molar-refractivity contribution in [3.63, 3.8) is 0 Å². The summed E-state index contributed by atoms with van der Waals surface area (Å²) in [5.74, 6) is -0.0530. The van der Waals surface area contributed by atoms with Gasteiger partial charge in [0.2, 0.25) is 0 Å². The van der Waals surface area contributed by atoms with Crippen LogP contribution in [0, 0.1) is 21.8 Å². The summed E-state index contributed by atoms with van der Waals surface area (Å²) < 4.78 is 20.0. The highest BCUT2D eigenvalue weighted by molar-refractivity contribution is 5.68. The number of anilines is 1. The topological polar surface area (TPSA) is 79.2 Å². The third-order valence-corrected chi connectivity index (χ3v) is 6.32. The Kier molecular flexibility index (Phi) is 7.27. The van der Waals surface area contributed by atoms with Gasteiger partial charge in [-0.1, -0.05) is 0 Å². The summed E-state index contributed by atoms with van der Waals surface area (Å²) in [6, 6.07) is 4.30. The highest BCUT2D eigenvalue weighted by Crippen LogP contribution is 2.29. The van der Waals surface area contributed by atoms with Crippen molar-refractivity contribution in [1.82, 2.24) is 9.80 Å². The molecule has 0 unspecified atom stereocenters. The largest absolute Gasteiger partial charge is 0.444 e. The lowest BCUT2D eigenvalue weighted by Gasteiger charge is -2.47. The number of halogens is 1. The smallest absolute Gasteiger partial charge is 0.410 e. The number of hydrogen-bond acceptors (Lipinski definition) is 6. The van der Waals surface area contributed by atoms with Gasteiger partial charge in [-0.05, 0) is 59.4 Å². The number of carbonyl (C=O) groups excluding carboxylic acids is 1. The van der Waals surface area contributed by atoms with Crippen LogP contribution in [-0.2, 0) is 4.74 Å². The van der Waals surface area contributed by atoms with Crippen molar-refractivity contribution in [3.8, 4) is 0 Å². The lowest BCUT2D eigenvalue weighted by Crippen LogP contribution is -2.58. The van der Waals surface area contributed by atoms with E-state index in [4.69, 9.17) is 4.74 Å². The molecule has 2 heterocycles. The number of likely N-dealkylation sites (tertiary alicyclic amines) is 1. The molecule has 1 amide bonds. The summed E-state index contributed by atoms with van der Waals surface area (Å²) in [6.07, 6.45) is 1.64. The molecule has 0 aliphatic carbocycles. The Morgan fingerprint density at radius 3 is 2.28 bits per heavy atom. The monoisotopic (exact) mass is 450 g/mol. The van der Waals surface area contributed by atoms with E-state index in [1.54, 1.807) is 4.90 Å². The van der Waals surface area contributed by atoms with Crippen LogP contribution in [-0.4, -0.2) is 71.2 Å². The molecule has 2 aliphatic rings. The second-order valence-corrected chi connectivity index (χ2v) is 10.1. The molecule has 0 bridgehead atoms. The Balaban J connectivity index is 1.55. The van der Waals surface area contributed by atoms with Crippen LogP contribution in [0.3, 0.4) is 0 Å². The van der Waals surface area contributed by atoms with Crippen LogP contribution in [0.5, 0.6) is 0 Å². The fourth-order valence-electron chi connectivity index (χ4n) is 4.70. The standard InChI is InChI=1S/C23H35FN4O4/c1-16-13-26(21-7-6-19(28(30)31)12-20(21)24)14-17(2)27(16)15-18-8-10-25(11-9-18)22(29)32-23(3,4)5/h6-7,12,16-18H,8-11,13-15H2,1-5H3/t16-,17+. The molecule has 0 aromatic heterocycles. The predicted octanol–water partition coefficient (Wildman–Crippen LogP) is 4.28. The van der Waals surface area contributed by atoms with Crippen LogP contribution in [0.1, 0.15) is 47.5 Å². The van der Waals surface area contributed by atoms with Gasteiger partial charge in [-0.3, -0.25) is 15.0 Å². The molecule has 32 heavy (non-hydrogen) atoms. The van der Waals surface area contributed by atoms with Crippen LogP contribution in [0.15, 0.2) is 18.2 Å². The molecule has 2 atom stereocenters. The van der Waals surface area contributed by atoms with Gasteiger partial charge in [0.1, 0.15) is 5.60 Å². The fraction of sp³-hybridized carbons (Fsp3) is 0.696. The first-order valence-electron chi connectivity index (χ1n) is 11.4. The van der Waals surface area contributed by atoms with Crippen LogP contribution in [0.4, 0.5) is 20.6 Å². The molecule has 8 nitrogen and oxygen atoms in total. The fourth-order valence-corrected chi connectivity index (χ4v) is 4.70. The van der Waals surface area contributed by atoms with Crippen molar-refractivity contribution in [3.05, 3.63) is 34.1 Å². The van der Waals surface area contributed by atoms with Crippen molar-refractivity contribution >= 4 is 17.5 Å². The Morgan fingerprint density at radius 1 is 1.19 bits per heavy atom. The van der Waals surface area contributed by atoms with Crippen LogP contribution in [0.2, 0.25) is 0 Å². The first-order chi connectivity index (χ1) is 14.9. The van der Waals surface area contributed by atoms with Crippen LogP contribution >= 0.6 is 0 Å². The molecule has 1 aromatic carbocycles. The number of amides is 1. The number of hydrogen-bond donors (Lipinski definition) is 0. The first-order valence-corrected chi connectivity index (χ1v) is 11.4. The summed E-state index contributed by atoms with van der Waals surface area (Å²) >= 11 is 0. The molecule has 9 heteroatoms. The van der Waals surface area contributed by atoms with Crippen molar-refractivity contribution in [1.29, 1.82) is 0 Å². The van der Waals surface area contributed by atoms with E-state index in [9.17, 15) is 19.3 Å². The second kappa shape index (κ2) is 9.60. The molecule has 1 aromatic rings. The van der Waals surface area contributed by atoms with Crippen molar-refractivity contribution in [2.75, 3.05) is 37.6 Å². The maximum absolute atomic E-state index is 14.5. The molecule has 3 rings (SSSR count). The maximum atomic E-state index is 14.5. The van der Waals surface area contributed by atoms with Gasteiger partial charge in [0, 0.05) is 50.9 Å². The van der Waals surface area contributed by atoms with Crippen molar-refractivity contribution in [2.24, 2.45) is 5.92 Å². The van der Waals surface area contributed by atoms with Crippen LogP contribution < -0.4 is 4.90 Å². The zero-order valence-electron chi connectivity index (χ0n) is 19.7. The number of piperidine rings is 1. The van der Waals surface area contributed by atoms with Gasteiger partial charge in [0.25, 0.3) is 5.69 Å². The third kappa shape index (κ3) is 5.88. The predicted molar refractivity (Wildman–Crippen MR) is 121 cm³/mol. The van der Waals surface area contributed by atoms with E-state index >= 15 is 0 Å². The zero-order chi connectivity index (χ0) is 23.6. The Bertz CT molecular complexity index is 824. The van der Waals surface area contributed by atoms with Gasteiger partial charge >= 0.3 is 6.09 Å². The Labute approximate surface area is 189 Å². The highest BCUT2D eigenvalue weighted by atomic mass is 19.1. The molecule has 0 spiro atoms. The summed E-state index contributed by atoms with van der Waals surface area (Å²) in [7, 11) is 0. The van der Waals surface area contributed by atoms with Gasteiger partial charge in [-0.15, -0.1) is 0 Å². The summed E-state index contributed by atoms with van der Waals surface area (Å²) in [4.78, 5) is 28.8. The molecule has 2 aliphatic heterocycles. The van der Waals surface area contributed by atoms with Crippen LogP contribution in [0.25, 0.3) is 0 Å². The molecular formula is C23H35FN4O4. The van der Waals surface area contributed by atoms with E-state index in [-0.39, 0.29) is 23.9 Å². The average molecular weight is 451 g/mol. The summed E-state index contributed by atoms with van der Waals surface area (Å²) in [6.45, 7) is 13.6. The van der Waals surface area contributed by atoms with E-state index < -0.39 is 16.3 Å². The molecular weight excluding hydrogens is 415 g/mol. The number of non-ortho nitro benzene ring substituents is 1. The number of nitro benzene ring substituents is 1. The zero-order valence-corrected chi connectivity index (χ0v) is 19.7. The summed E-state index contributed by atoms with van der Waals surface area (Å²) in [5, 5.41) is 10.9. The molecule has 2 saturated heterocycles. The second-order valence-electron chi connectivity index (χ2n) is 10.1. The number of nitro groups is 1. The van der Waals surface area contributed by atoms with Gasteiger partial charge in [-0.25, -0.2) is 9.18 Å². The van der Waals surface area contributed by atoms with Crippen molar-refractivity contribution < 1.29 is 18.8 Å². The minimum absolute atomic E-state index is 0.220. The Morgan fingerprint density at radius 2 is 1.78 bits per heavy atom. The van der Waals surface area contributed by atoms with Gasteiger partial charge in [-0.2, -0.15) is 0 Å². The number of benzene rings is 1. The minimum Gasteiger partial charge on any atom is -0.444 e. The van der Waals surface area contributed by atoms with Gasteiger partial charge in [0.15, 0.2) is 5.82 Å².